The van der Waals surface area contributed by atoms with Gasteiger partial charge in [0.05, 0.1) is 12.1 Å². The Kier molecular flexibility index (Phi) is 3.67. The molecule has 0 atom stereocenters. The van der Waals surface area contributed by atoms with Crippen molar-refractivity contribution in [1.29, 1.82) is 0 Å². The molecular weight excluding hydrogens is 252 g/mol. The number of hydrogen-bond acceptors (Lipinski definition) is 3. The molecule has 0 spiro atoms. The molecule has 0 aliphatic heterocycles. The Balaban J connectivity index is 2.19. The van der Waals surface area contributed by atoms with E-state index < -0.39 is 0 Å². The van der Waals surface area contributed by atoms with Gasteiger partial charge in [0.1, 0.15) is 12.3 Å². The highest BCUT2D eigenvalue weighted by molar-refractivity contribution is 6.32. The van der Waals surface area contributed by atoms with Crippen molar-refractivity contribution in [1.82, 2.24) is 9.78 Å². The smallest absolute Gasteiger partial charge is 0.184 e. The largest absolute Gasteiger partial charge is 0.495 e. The number of hydrogen-bond donors (Lipinski definition) is 0. The first kappa shape index (κ1) is 12.6. The highest BCUT2D eigenvalue weighted by Gasteiger charge is 2.11. The maximum Gasteiger partial charge on any atom is 0.184 e. The Morgan fingerprint density at radius 1 is 1.44 bits per heavy atom. The van der Waals surface area contributed by atoms with Crippen molar-refractivity contribution in [3.05, 3.63) is 46.7 Å². The first-order valence-corrected chi connectivity index (χ1v) is 5.85. The second-order valence-electron chi connectivity index (χ2n) is 3.90. The molecule has 0 radical (unpaired) electrons. The number of carbonyl (C=O) groups excluding carboxylic acids is 1. The first-order valence-electron chi connectivity index (χ1n) is 5.47. The molecule has 5 heteroatoms. The molecule has 1 aromatic heterocycles. The van der Waals surface area contributed by atoms with Crippen molar-refractivity contribution >= 4 is 17.4 Å². The summed E-state index contributed by atoms with van der Waals surface area (Å²) in [6.45, 7) is 2.11. The molecular formula is C13H13ClN2O2. The molecule has 94 valence electrons. The summed E-state index contributed by atoms with van der Waals surface area (Å²) in [5, 5.41) is 4.51. The van der Waals surface area contributed by atoms with Gasteiger partial charge in [-0.2, -0.15) is 5.10 Å². The van der Waals surface area contributed by atoms with Gasteiger partial charge < -0.3 is 4.74 Å². The minimum atomic E-state index is -0.0358. The van der Waals surface area contributed by atoms with Gasteiger partial charge in [-0.05, 0) is 31.2 Å². The normalized spacial score (nSPS) is 10.4. The van der Waals surface area contributed by atoms with Crippen molar-refractivity contribution in [3.8, 4) is 5.75 Å². The van der Waals surface area contributed by atoms with E-state index >= 15 is 0 Å². The van der Waals surface area contributed by atoms with Crippen molar-refractivity contribution in [3.63, 3.8) is 0 Å². The first-order chi connectivity index (χ1) is 8.61. The van der Waals surface area contributed by atoms with E-state index in [4.69, 9.17) is 16.3 Å². The van der Waals surface area contributed by atoms with E-state index in [1.807, 2.05) is 13.0 Å². The highest BCUT2D eigenvalue weighted by Crippen LogP contribution is 2.25. The van der Waals surface area contributed by atoms with Crippen LogP contribution in [0, 0.1) is 6.92 Å². The molecule has 0 fully saturated rings. The summed E-state index contributed by atoms with van der Waals surface area (Å²) in [7, 11) is 1.54. The topological polar surface area (TPSA) is 44.1 Å². The van der Waals surface area contributed by atoms with Gasteiger partial charge in [-0.1, -0.05) is 11.6 Å². The van der Waals surface area contributed by atoms with E-state index in [0.29, 0.717) is 16.3 Å². The molecule has 0 aliphatic carbocycles. The summed E-state index contributed by atoms with van der Waals surface area (Å²) in [4.78, 5) is 12.1. The van der Waals surface area contributed by atoms with Gasteiger partial charge in [0.25, 0.3) is 0 Å². The van der Waals surface area contributed by atoms with E-state index in [0.717, 1.165) is 5.69 Å². The lowest BCUT2D eigenvalue weighted by atomic mass is 10.1. The second kappa shape index (κ2) is 5.23. The highest BCUT2D eigenvalue weighted by atomic mass is 35.5. The van der Waals surface area contributed by atoms with Crippen LogP contribution < -0.4 is 4.74 Å². The lowest BCUT2D eigenvalue weighted by molar-refractivity contribution is 0.0967. The van der Waals surface area contributed by atoms with Gasteiger partial charge in [0.15, 0.2) is 5.78 Å². The van der Waals surface area contributed by atoms with Crippen molar-refractivity contribution in [2.75, 3.05) is 7.11 Å². The van der Waals surface area contributed by atoms with Crippen molar-refractivity contribution in [2.45, 2.75) is 13.5 Å². The van der Waals surface area contributed by atoms with Crippen LogP contribution in [-0.4, -0.2) is 22.7 Å². The Morgan fingerprint density at radius 2 is 2.22 bits per heavy atom. The quantitative estimate of drug-likeness (QED) is 0.798. The summed E-state index contributed by atoms with van der Waals surface area (Å²) < 4.78 is 6.70. The fraction of sp³-hybridized carbons (Fsp3) is 0.231. The zero-order valence-corrected chi connectivity index (χ0v) is 10.9. The van der Waals surface area contributed by atoms with E-state index in [1.165, 1.54) is 7.11 Å². The molecule has 0 bridgehead atoms. The van der Waals surface area contributed by atoms with E-state index in [-0.39, 0.29) is 12.3 Å². The van der Waals surface area contributed by atoms with Gasteiger partial charge in [0, 0.05) is 17.5 Å². The van der Waals surface area contributed by atoms with E-state index in [9.17, 15) is 4.79 Å². The number of aromatic nitrogens is 2. The zero-order valence-electron chi connectivity index (χ0n) is 10.2. The lowest BCUT2D eigenvalue weighted by Crippen LogP contribution is -2.12. The Labute approximate surface area is 110 Å². The molecule has 2 aromatic rings. The number of nitrogens with zero attached hydrogens (tertiary/aromatic N) is 2. The average molecular weight is 265 g/mol. The third-order valence-corrected chi connectivity index (χ3v) is 2.99. The summed E-state index contributed by atoms with van der Waals surface area (Å²) in [5.74, 6) is 0.523. The van der Waals surface area contributed by atoms with Gasteiger partial charge in [-0.15, -0.1) is 0 Å². The molecule has 0 amide bonds. The standard InChI is InChI=1S/C13H13ClN2O2/c1-9-5-6-15-16(9)8-12(17)10-3-4-13(18-2)11(14)7-10/h3-7H,8H2,1-2H3. The molecule has 0 N–H and O–H groups in total. The molecule has 1 aromatic carbocycles. The Bertz CT molecular complexity index is 578. The predicted molar refractivity (Wildman–Crippen MR) is 69.3 cm³/mol. The Morgan fingerprint density at radius 3 is 2.78 bits per heavy atom. The van der Waals surface area contributed by atoms with Crippen LogP contribution in [0.4, 0.5) is 0 Å². The number of Topliss-reactive ketones (excluding diaryl/α,β-unsaturated/α-hetero) is 1. The van der Waals surface area contributed by atoms with Gasteiger partial charge >= 0.3 is 0 Å². The van der Waals surface area contributed by atoms with Crippen LogP contribution >= 0.6 is 11.6 Å². The maximum atomic E-state index is 12.1. The SMILES string of the molecule is COc1ccc(C(=O)Cn2nccc2C)cc1Cl. The summed E-state index contributed by atoms with van der Waals surface area (Å²) in [6.07, 6.45) is 1.67. The lowest BCUT2D eigenvalue weighted by Gasteiger charge is -2.06. The number of ketones is 1. The number of rotatable bonds is 4. The average Bonchev–Trinajstić information content (AvgIpc) is 2.75. The summed E-state index contributed by atoms with van der Waals surface area (Å²) in [5.41, 5.74) is 1.50. The fourth-order valence-corrected chi connectivity index (χ4v) is 1.89. The molecule has 4 nitrogen and oxygen atoms in total. The number of halogens is 1. The van der Waals surface area contributed by atoms with Crippen LogP contribution in [-0.2, 0) is 6.54 Å². The molecule has 0 saturated heterocycles. The van der Waals surface area contributed by atoms with Crippen LogP contribution in [0.15, 0.2) is 30.5 Å². The minimum absolute atomic E-state index is 0.0358. The monoisotopic (exact) mass is 264 g/mol. The molecule has 0 unspecified atom stereocenters. The van der Waals surface area contributed by atoms with Crippen LogP contribution in [0.25, 0.3) is 0 Å². The third-order valence-electron chi connectivity index (χ3n) is 2.70. The maximum absolute atomic E-state index is 12.1. The van der Waals surface area contributed by atoms with Crippen LogP contribution in [0.1, 0.15) is 16.1 Å². The minimum Gasteiger partial charge on any atom is -0.495 e. The van der Waals surface area contributed by atoms with Gasteiger partial charge in [-0.3, -0.25) is 9.48 Å². The van der Waals surface area contributed by atoms with Crippen molar-refractivity contribution < 1.29 is 9.53 Å². The molecule has 1 heterocycles. The molecule has 0 saturated carbocycles. The number of methoxy groups -OCH3 is 1. The van der Waals surface area contributed by atoms with Crippen LogP contribution in [0.3, 0.4) is 0 Å². The van der Waals surface area contributed by atoms with E-state index in [2.05, 4.69) is 5.10 Å². The molecule has 18 heavy (non-hydrogen) atoms. The number of aryl methyl sites for hydroxylation is 1. The fourth-order valence-electron chi connectivity index (χ4n) is 1.63. The van der Waals surface area contributed by atoms with Crippen LogP contribution in [0.2, 0.25) is 5.02 Å². The van der Waals surface area contributed by atoms with Crippen LogP contribution in [0.5, 0.6) is 5.75 Å². The predicted octanol–water partition coefficient (Wildman–Crippen LogP) is 2.74. The van der Waals surface area contributed by atoms with Gasteiger partial charge in [0.2, 0.25) is 0 Å². The molecule has 0 aliphatic rings. The number of carbonyl (C=O) groups is 1. The van der Waals surface area contributed by atoms with E-state index in [1.54, 1.807) is 29.1 Å². The third kappa shape index (κ3) is 2.54. The van der Waals surface area contributed by atoms with Gasteiger partial charge in [-0.25, -0.2) is 0 Å². The Hall–Kier alpha value is -1.81. The molecule has 2 rings (SSSR count). The summed E-state index contributed by atoms with van der Waals surface area (Å²) >= 11 is 5.99. The second-order valence-corrected chi connectivity index (χ2v) is 4.31. The zero-order chi connectivity index (χ0) is 13.1. The number of benzene rings is 1. The summed E-state index contributed by atoms with van der Waals surface area (Å²) in [6, 6.07) is 6.85. The number of ether oxygens (including phenoxy) is 1. The van der Waals surface area contributed by atoms with Crippen molar-refractivity contribution in [2.24, 2.45) is 0 Å².